The first-order valence-electron chi connectivity index (χ1n) is 8.92. The van der Waals surface area contributed by atoms with Crippen LogP contribution in [-0.4, -0.2) is 41.7 Å². The van der Waals surface area contributed by atoms with Gasteiger partial charge in [0, 0.05) is 38.0 Å². The van der Waals surface area contributed by atoms with E-state index in [1.165, 1.54) is 6.07 Å². The number of aromatic nitrogens is 2. The Hall–Kier alpha value is -2.67. The third-order valence-corrected chi connectivity index (χ3v) is 4.94. The van der Waals surface area contributed by atoms with Crippen LogP contribution in [0.5, 0.6) is 0 Å². The first-order chi connectivity index (χ1) is 12.6. The smallest absolute Gasteiger partial charge is 0.150 e. The maximum absolute atomic E-state index is 14.4. The van der Waals surface area contributed by atoms with Crippen LogP contribution >= 0.6 is 0 Å². The van der Waals surface area contributed by atoms with E-state index in [1.54, 1.807) is 18.3 Å². The molecule has 1 fully saturated rings. The molecule has 0 saturated carbocycles. The SMILES string of the molecule is Cn1ncc(N2CC=NC=C2c2ccccc2F)c1N1CCC[C@@H](N)C1. The Morgan fingerprint density at radius 2 is 2.12 bits per heavy atom. The number of nitrogens with two attached hydrogens (primary N) is 1. The molecule has 136 valence electrons. The number of hydrogen-bond acceptors (Lipinski definition) is 5. The van der Waals surface area contributed by atoms with Crippen molar-refractivity contribution in [3.05, 3.63) is 48.0 Å². The van der Waals surface area contributed by atoms with Crippen molar-refractivity contribution in [1.82, 2.24) is 9.78 Å². The average Bonchev–Trinajstić information content (AvgIpc) is 3.03. The van der Waals surface area contributed by atoms with Crippen LogP contribution in [0.2, 0.25) is 0 Å². The van der Waals surface area contributed by atoms with Gasteiger partial charge in [-0.15, -0.1) is 0 Å². The van der Waals surface area contributed by atoms with E-state index >= 15 is 0 Å². The van der Waals surface area contributed by atoms with Gasteiger partial charge in [0.15, 0.2) is 5.82 Å². The minimum absolute atomic E-state index is 0.163. The Bertz CT molecular complexity index is 855. The van der Waals surface area contributed by atoms with Gasteiger partial charge in [0.1, 0.15) is 11.5 Å². The van der Waals surface area contributed by atoms with Gasteiger partial charge < -0.3 is 15.5 Å². The molecule has 2 aliphatic rings. The molecule has 7 heteroatoms. The highest BCUT2D eigenvalue weighted by Crippen LogP contribution is 2.36. The maximum Gasteiger partial charge on any atom is 0.150 e. The number of aliphatic imine (C=N–C) groups is 1. The van der Waals surface area contributed by atoms with Crippen molar-refractivity contribution in [2.75, 3.05) is 29.4 Å². The van der Waals surface area contributed by atoms with Gasteiger partial charge in [0.25, 0.3) is 0 Å². The summed E-state index contributed by atoms with van der Waals surface area (Å²) in [7, 11) is 1.93. The lowest BCUT2D eigenvalue weighted by Gasteiger charge is -2.35. The van der Waals surface area contributed by atoms with Gasteiger partial charge >= 0.3 is 0 Å². The molecule has 2 aliphatic heterocycles. The topological polar surface area (TPSA) is 62.7 Å². The van der Waals surface area contributed by atoms with Gasteiger partial charge in [-0.25, -0.2) is 4.39 Å². The maximum atomic E-state index is 14.4. The molecule has 2 N–H and O–H groups in total. The Kier molecular flexibility index (Phi) is 4.46. The second-order valence-corrected chi connectivity index (χ2v) is 6.76. The van der Waals surface area contributed by atoms with Crippen LogP contribution in [0.25, 0.3) is 5.70 Å². The number of anilines is 2. The zero-order valence-electron chi connectivity index (χ0n) is 14.8. The summed E-state index contributed by atoms with van der Waals surface area (Å²) in [5.74, 6) is 0.754. The molecule has 0 amide bonds. The molecule has 1 aromatic carbocycles. The van der Waals surface area contributed by atoms with Gasteiger partial charge in [0.05, 0.1) is 24.6 Å². The minimum atomic E-state index is -0.258. The molecule has 1 aromatic heterocycles. The number of benzene rings is 1. The lowest BCUT2D eigenvalue weighted by atomic mass is 10.1. The van der Waals surface area contributed by atoms with E-state index in [0.29, 0.717) is 12.1 Å². The zero-order valence-corrected chi connectivity index (χ0v) is 14.8. The lowest BCUT2D eigenvalue weighted by molar-refractivity contribution is 0.497. The van der Waals surface area contributed by atoms with E-state index in [2.05, 4.69) is 19.9 Å². The molecule has 1 atom stereocenters. The number of aryl methyl sites for hydroxylation is 1. The number of hydrogen-bond donors (Lipinski definition) is 1. The average molecular weight is 354 g/mol. The summed E-state index contributed by atoms with van der Waals surface area (Å²) in [4.78, 5) is 8.60. The molecular formula is C19H23FN6. The highest BCUT2D eigenvalue weighted by atomic mass is 19.1. The van der Waals surface area contributed by atoms with Gasteiger partial charge in [0.2, 0.25) is 0 Å². The quantitative estimate of drug-likeness (QED) is 0.919. The molecule has 2 aromatic rings. The van der Waals surface area contributed by atoms with Crippen molar-refractivity contribution in [2.45, 2.75) is 18.9 Å². The number of halogens is 1. The molecule has 0 spiro atoms. The van der Waals surface area contributed by atoms with Crippen LogP contribution in [0.3, 0.4) is 0 Å². The summed E-state index contributed by atoms with van der Waals surface area (Å²) >= 11 is 0. The number of piperidine rings is 1. The molecule has 1 saturated heterocycles. The standard InChI is InChI=1S/C19H23FN6/c1-24-19(25-9-4-5-14(21)13-25)18(12-23-24)26-10-8-22-11-17(26)15-6-2-3-7-16(15)20/h2-3,6-8,11-12,14H,4-5,9-10,13,21H2,1H3/t14-/m1/s1. The fourth-order valence-corrected chi connectivity index (χ4v) is 3.71. The fraction of sp³-hybridized carbons (Fsp3) is 0.368. The normalized spacial score (nSPS) is 20.4. The van der Waals surface area contributed by atoms with Crippen molar-refractivity contribution in [3.63, 3.8) is 0 Å². The molecule has 0 radical (unpaired) electrons. The zero-order chi connectivity index (χ0) is 18.1. The predicted molar refractivity (Wildman–Crippen MR) is 103 cm³/mol. The Morgan fingerprint density at radius 1 is 1.27 bits per heavy atom. The first-order valence-corrected chi connectivity index (χ1v) is 8.92. The summed E-state index contributed by atoms with van der Waals surface area (Å²) in [5, 5.41) is 4.47. The van der Waals surface area contributed by atoms with Crippen molar-refractivity contribution in [2.24, 2.45) is 17.8 Å². The second-order valence-electron chi connectivity index (χ2n) is 6.76. The molecule has 0 unspecified atom stereocenters. The van der Waals surface area contributed by atoms with Crippen LogP contribution in [0.4, 0.5) is 15.9 Å². The summed E-state index contributed by atoms with van der Waals surface area (Å²) in [5.41, 5.74) is 8.40. The van der Waals surface area contributed by atoms with Gasteiger partial charge in [-0.05, 0) is 25.0 Å². The van der Waals surface area contributed by atoms with Crippen molar-refractivity contribution < 1.29 is 4.39 Å². The first kappa shape index (κ1) is 16.8. The summed E-state index contributed by atoms with van der Waals surface area (Å²) in [6.07, 6.45) is 7.47. The highest BCUT2D eigenvalue weighted by molar-refractivity contribution is 5.90. The van der Waals surface area contributed by atoms with Crippen LogP contribution in [0.1, 0.15) is 18.4 Å². The molecule has 0 aliphatic carbocycles. The minimum Gasteiger partial charge on any atom is -0.354 e. The van der Waals surface area contributed by atoms with E-state index in [4.69, 9.17) is 5.73 Å². The molecule has 6 nitrogen and oxygen atoms in total. The molecule has 3 heterocycles. The Morgan fingerprint density at radius 3 is 2.92 bits per heavy atom. The highest BCUT2D eigenvalue weighted by Gasteiger charge is 2.27. The molecule has 0 bridgehead atoms. The van der Waals surface area contributed by atoms with Crippen LogP contribution < -0.4 is 15.5 Å². The van der Waals surface area contributed by atoms with Gasteiger partial charge in [-0.3, -0.25) is 9.67 Å². The largest absolute Gasteiger partial charge is 0.354 e. The lowest BCUT2D eigenvalue weighted by Crippen LogP contribution is -2.44. The Labute approximate surface area is 152 Å². The number of rotatable bonds is 3. The monoisotopic (exact) mass is 354 g/mol. The third-order valence-electron chi connectivity index (χ3n) is 4.94. The van der Waals surface area contributed by atoms with E-state index in [9.17, 15) is 4.39 Å². The third kappa shape index (κ3) is 2.99. The summed E-state index contributed by atoms with van der Waals surface area (Å²) in [6, 6.07) is 6.95. The van der Waals surface area contributed by atoms with E-state index in [0.717, 1.165) is 43.1 Å². The van der Waals surface area contributed by atoms with Crippen LogP contribution in [-0.2, 0) is 7.05 Å². The van der Waals surface area contributed by atoms with E-state index in [1.807, 2.05) is 30.2 Å². The Balaban J connectivity index is 1.74. The summed E-state index contributed by atoms with van der Waals surface area (Å²) in [6.45, 7) is 2.31. The predicted octanol–water partition coefficient (Wildman–Crippen LogP) is 2.38. The van der Waals surface area contributed by atoms with E-state index < -0.39 is 0 Å². The number of nitrogens with zero attached hydrogens (tertiary/aromatic N) is 5. The van der Waals surface area contributed by atoms with Crippen molar-refractivity contribution in [1.29, 1.82) is 0 Å². The van der Waals surface area contributed by atoms with Gasteiger partial charge in [-0.1, -0.05) is 12.1 Å². The second kappa shape index (κ2) is 6.92. The van der Waals surface area contributed by atoms with Crippen LogP contribution in [0.15, 0.2) is 41.7 Å². The summed E-state index contributed by atoms with van der Waals surface area (Å²) < 4.78 is 16.3. The molecular weight excluding hydrogens is 331 g/mol. The van der Waals surface area contributed by atoms with Crippen LogP contribution in [0, 0.1) is 5.82 Å². The van der Waals surface area contributed by atoms with E-state index in [-0.39, 0.29) is 11.9 Å². The molecule has 4 rings (SSSR count). The van der Waals surface area contributed by atoms with Crippen molar-refractivity contribution >= 4 is 23.4 Å². The van der Waals surface area contributed by atoms with Gasteiger partial charge in [-0.2, -0.15) is 5.10 Å². The fourth-order valence-electron chi connectivity index (χ4n) is 3.71. The van der Waals surface area contributed by atoms with Crippen molar-refractivity contribution in [3.8, 4) is 0 Å². The molecule has 26 heavy (non-hydrogen) atoms.